The molecule has 3 aromatic rings. The van der Waals surface area contributed by atoms with E-state index in [0.29, 0.717) is 0 Å². The molecule has 0 aliphatic rings. The molecule has 2 heterocycles. The van der Waals surface area contributed by atoms with Gasteiger partial charge in [-0.3, -0.25) is 9.48 Å². The van der Waals surface area contributed by atoms with Crippen LogP contribution in [0.15, 0.2) is 59.7 Å². The molecule has 0 saturated heterocycles. The van der Waals surface area contributed by atoms with Crippen LogP contribution in [0.1, 0.15) is 42.8 Å². The molecule has 6 heteroatoms. The van der Waals surface area contributed by atoms with Crippen molar-refractivity contribution in [2.24, 2.45) is 0 Å². The molecule has 3 rings (SSSR count). The molecule has 0 bridgehead atoms. The summed E-state index contributed by atoms with van der Waals surface area (Å²) in [7, 11) is 0. The summed E-state index contributed by atoms with van der Waals surface area (Å²) in [4.78, 5) is 11.1. The van der Waals surface area contributed by atoms with Crippen LogP contribution < -0.4 is 10.9 Å². The fourth-order valence-electron chi connectivity index (χ4n) is 2.61. The zero-order valence-corrected chi connectivity index (χ0v) is 13.8. The summed E-state index contributed by atoms with van der Waals surface area (Å²) in [6.07, 6.45) is 3.94. The Morgan fingerprint density at radius 2 is 1.92 bits per heavy atom. The van der Waals surface area contributed by atoms with E-state index in [2.05, 4.69) is 45.9 Å². The average Bonchev–Trinajstić information content (AvgIpc) is 3.05. The second-order valence-electron chi connectivity index (χ2n) is 5.91. The summed E-state index contributed by atoms with van der Waals surface area (Å²) in [5, 5.41) is 14.4. The van der Waals surface area contributed by atoms with E-state index in [1.165, 1.54) is 11.6 Å². The third kappa shape index (κ3) is 3.97. The molecule has 0 unspecified atom stereocenters. The first kappa shape index (κ1) is 16.1. The predicted molar refractivity (Wildman–Crippen MR) is 92.6 cm³/mol. The number of nitrogens with one attached hydrogen (secondary N) is 2. The van der Waals surface area contributed by atoms with Crippen molar-refractivity contribution in [3.05, 3.63) is 82.0 Å². The van der Waals surface area contributed by atoms with Crippen LogP contribution in [0, 0.1) is 0 Å². The van der Waals surface area contributed by atoms with Crippen LogP contribution in [0.3, 0.4) is 0 Å². The molecule has 2 aromatic heterocycles. The zero-order chi connectivity index (χ0) is 16.9. The third-order valence-corrected chi connectivity index (χ3v) is 3.98. The van der Waals surface area contributed by atoms with Crippen molar-refractivity contribution in [1.82, 2.24) is 25.3 Å². The van der Waals surface area contributed by atoms with Crippen LogP contribution in [0.25, 0.3) is 0 Å². The summed E-state index contributed by atoms with van der Waals surface area (Å²) >= 11 is 0. The van der Waals surface area contributed by atoms with Gasteiger partial charge in [-0.05, 0) is 25.5 Å². The Morgan fingerprint density at radius 1 is 1.12 bits per heavy atom. The van der Waals surface area contributed by atoms with Crippen LogP contribution in [0.4, 0.5) is 0 Å². The number of H-pyrrole nitrogens is 1. The van der Waals surface area contributed by atoms with E-state index in [4.69, 9.17) is 0 Å². The van der Waals surface area contributed by atoms with Crippen molar-refractivity contribution >= 4 is 0 Å². The molecular weight excluding hydrogens is 302 g/mol. The summed E-state index contributed by atoms with van der Waals surface area (Å²) < 4.78 is 1.94. The number of aromatic nitrogens is 4. The first-order valence-corrected chi connectivity index (χ1v) is 8.00. The highest BCUT2D eigenvalue weighted by Crippen LogP contribution is 2.17. The monoisotopic (exact) mass is 323 g/mol. The Hall–Kier alpha value is -2.73. The third-order valence-electron chi connectivity index (χ3n) is 3.98. The summed E-state index contributed by atoms with van der Waals surface area (Å²) in [6, 6.07) is 13.6. The topological polar surface area (TPSA) is 75.6 Å². The minimum Gasteiger partial charge on any atom is -0.302 e. The number of rotatable bonds is 6. The van der Waals surface area contributed by atoms with E-state index >= 15 is 0 Å². The highest BCUT2D eigenvalue weighted by atomic mass is 16.1. The van der Waals surface area contributed by atoms with E-state index in [-0.39, 0.29) is 17.6 Å². The fourth-order valence-corrected chi connectivity index (χ4v) is 2.61. The van der Waals surface area contributed by atoms with E-state index in [1.807, 2.05) is 36.0 Å². The standard InChI is InChI=1S/C18H21N5O/c1-13(20-14(2)17-8-9-18(24)22-21-17)16-10-19-23(12-16)11-15-6-4-3-5-7-15/h3-10,12-14,20H,11H2,1-2H3,(H,22,24)/t13-,14-/m0/s1. The SMILES string of the molecule is C[C@H](N[C@@H](C)c1ccc(=O)[nH]n1)c1cnn(Cc2ccccc2)c1. The Kier molecular flexibility index (Phi) is 4.86. The lowest BCUT2D eigenvalue weighted by atomic mass is 10.1. The molecule has 0 amide bonds. The molecule has 24 heavy (non-hydrogen) atoms. The number of hydrogen-bond donors (Lipinski definition) is 2. The summed E-state index contributed by atoms with van der Waals surface area (Å²) in [5.41, 5.74) is 2.94. The Bertz CT molecular complexity index is 819. The minimum atomic E-state index is -0.193. The van der Waals surface area contributed by atoms with E-state index in [9.17, 15) is 4.79 Å². The average molecular weight is 323 g/mol. The Morgan fingerprint density at radius 3 is 2.62 bits per heavy atom. The quantitative estimate of drug-likeness (QED) is 0.730. The molecular formula is C18H21N5O. The Balaban J connectivity index is 1.64. The van der Waals surface area contributed by atoms with Gasteiger partial charge in [0.15, 0.2) is 0 Å². The summed E-state index contributed by atoms with van der Waals surface area (Å²) in [6.45, 7) is 4.86. The maximum atomic E-state index is 11.1. The number of nitrogens with zero attached hydrogens (tertiary/aromatic N) is 3. The van der Waals surface area contributed by atoms with Gasteiger partial charge in [-0.2, -0.15) is 10.2 Å². The van der Waals surface area contributed by atoms with Crippen molar-refractivity contribution in [3.8, 4) is 0 Å². The molecule has 6 nitrogen and oxygen atoms in total. The van der Waals surface area contributed by atoms with Gasteiger partial charge in [-0.1, -0.05) is 30.3 Å². The molecule has 2 atom stereocenters. The van der Waals surface area contributed by atoms with Crippen LogP contribution >= 0.6 is 0 Å². The lowest BCUT2D eigenvalue weighted by Gasteiger charge is -2.18. The van der Waals surface area contributed by atoms with Gasteiger partial charge in [0.2, 0.25) is 0 Å². The van der Waals surface area contributed by atoms with Gasteiger partial charge in [0.25, 0.3) is 5.56 Å². The molecule has 0 radical (unpaired) electrons. The van der Waals surface area contributed by atoms with Crippen molar-refractivity contribution in [1.29, 1.82) is 0 Å². The number of aromatic amines is 1. The van der Waals surface area contributed by atoms with Crippen molar-refractivity contribution < 1.29 is 0 Å². The molecule has 0 aliphatic heterocycles. The lowest BCUT2D eigenvalue weighted by Crippen LogP contribution is -2.24. The largest absolute Gasteiger partial charge is 0.302 e. The highest BCUT2D eigenvalue weighted by molar-refractivity contribution is 5.17. The molecule has 0 fully saturated rings. The van der Waals surface area contributed by atoms with E-state index < -0.39 is 0 Å². The molecule has 2 N–H and O–H groups in total. The van der Waals surface area contributed by atoms with Crippen LogP contribution in [-0.4, -0.2) is 20.0 Å². The molecule has 0 spiro atoms. The highest BCUT2D eigenvalue weighted by Gasteiger charge is 2.14. The van der Waals surface area contributed by atoms with Crippen molar-refractivity contribution in [3.63, 3.8) is 0 Å². The van der Waals surface area contributed by atoms with Gasteiger partial charge in [0, 0.05) is 29.9 Å². The van der Waals surface area contributed by atoms with Gasteiger partial charge in [0.1, 0.15) is 0 Å². The normalized spacial score (nSPS) is 13.6. The van der Waals surface area contributed by atoms with Crippen molar-refractivity contribution in [2.75, 3.05) is 0 Å². The molecule has 0 saturated carbocycles. The van der Waals surface area contributed by atoms with Crippen LogP contribution in [-0.2, 0) is 6.54 Å². The second-order valence-corrected chi connectivity index (χ2v) is 5.91. The molecule has 1 aromatic carbocycles. The van der Waals surface area contributed by atoms with Gasteiger partial charge in [0.05, 0.1) is 18.4 Å². The first-order valence-electron chi connectivity index (χ1n) is 8.00. The van der Waals surface area contributed by atoms with E-state index in [1.54, 1.807) is 6.07 Å². The molecule has 124 valence electrons. The predicted octanol–water partition coefficient (Wildman–Crippen LogP) is 2.43. The van der Waals surface area contributed by atoms with Gasteiger partial charge in [-0.25, -0.2) is 5.10 Å². The second kappa shape index (κ2) is 7.23. The molecule has 0 aliphatic carbocycles. The zero-order valence-electron chi connectivity index (χ0n) is 13.8. The van der Waals surface area contributed by atoms with Gasteiger partial charge < -0.3 is 5.32 Å². The van der Waals surface area contributed by atoms with Crippen molar-refractivity contribution in [2.45, 2.75) is 32.5 Å². The lowest BCUT2D eigenvalue weighted by molar-refractivity contribution is 0.482. The van der Waals surface area contributed by atoms with Crippen LogP contribution in [0.2, 0.25) is 0 Å². The fraction of sp³-hybridized carbons (Fsp3) is 0.278. The maximum Gasteiger partial charge on any atom is 0.264 e. The smallest absolute Gasteiger partial charge is 0.264 e. The Labute approximate surface area is 140 Å². The minimum absolute atomic E-state index is 0.0225. The maximum absolute atomic E-state index is 11.1. The van der Waals surface area contributed by atoms with E-state index in [0.717, 1.165) is 17.8 Å². The number of benzene rings is 1. The first-order chi connectivity index (χ1) is 11.6. The summed E-state index contributed by atoms with van der Waals surface area (Å²) in [5.74, 6) is 0. The van der Waals surface area contributed by atoms with Gasteiger partial charge in [-0.15, -0.1) is 0 Å². The van der Waals surface area contributed by atoms with Crippen LogP contribution in [0.5, 0.6) is 0 Å². The number of hydrogen-bond acceptors (Lipinski definition) is 4. The van der Waals surface area contributed by atoms with Gasteiger partial charge >= 0.3 is 0 Å².